The third-order valence-electron chi connectivity index (χ3n) is 4.91. The number of carbonyl (C=O) groups excluding carboxylic acids is 1. The number of ether oxygens (including phenoxy) is 1. The van der Waals surface area contributed by atoms with Crippen LogP contribution in [0.3, 0.4) is 0 Å². The molecule has 3 heterocycles. The van der Waals surface area contributed by atoms with Gasteiger partial charge in [-0.3, -0.25) is 9.69 Å². The van der Waals surface area contributed by atoms with Gasteiger partial charge >= 0.3 is 0 Å². The van der Waals surface area contributed by atoms with Crippen molar-refractivity contribution in [3.63, 3.8) is 0 Å². The molecule has 3 rings (SSSR count). The highest BCUT2D eigenvalue weighted by molar-refractivity contribution is 5.94. The second kappa shape index (κ2) is 7.92. The number of aromatic nitrogens is 1. The van der Waals surface area contributed by atoms with Crippen molar-refractivity contribution in [3.05, 3.63) is 24.0 Å². The number of piperidine rings is 1. The van der Waals surface area contributed by atoms with Gasteiger partial charge in [0.2, 0.25) is 0 Å². The van der Waals surface area contributed by atoms with Gasteiger partial charge in [0, 0.05) is 38.9 Å². The van der Waals surface area contributed by atoms with Crippen molar-refractivity contribution in [2.24, 2.45) is 5.92 Å². The Morgan fingerprint density at radius 3 is 2.67 bits per heavy atom. The zero-order chi connectivity index (χ0) is 16.9. The summed E-state index contributed by atoms with van der Waals surface area (Å²) in [5.41, 5.74) is 0.102. The lowest BCUT2D eigenvalue weighted by molar-refractivity contribution is -0.00905. The molecule has 0 spiro atoms. The zero-order valence-electron chi connectivity index (χ0n) is 13.8. The van der Waals surface area contributed by atoms with Gasteiger partial charge in [-0.05, 0) is 30.9 Å². The number of hydrogen-bond acceptors (Lipinski definition) is 6. The van der Waals surface area contributed by atoms with Gasteiger partial charge < -0.3 is 19.8 Å². The number of hydrogen-bond donors (Lipinski definition) is 2. The molecule has 1 aromatic heterocycles. The summed E-state index contributed by atoms with van der Waals surface area (Å²) in [6.45, 7) is 5.03. The molecule has 7 heteroatoms. The van der Waals surface area contributed by atoms with Crippen molar-refractivity contribution in [1.29, 1.82) is 0 Å². The quantitative estimate of drug-likeness (QED) is 0.825. The van der Waals surface area contributed by atoms with E-state index in [1.54, 1.807) is 11.0 Å². The van der Waals surface area contributed by atoms with E-state index in [-0.39, 0.29) is 29.4 Å². The van der Waals surface area contributed by atoms with E-state index < -0.39 is 0 Å². The van der Waals surface area contributed by atoms with Gasteiger partial charge in [0.05, 0.1) is 19.3 Å². The number of nitrogens with zero attached hydrogens (tertiary/aromatic N) is 3. The van der Waals surface area contributed by atoms with Crippen molar-refractivity contribution in [1.82, 2.24) is 14.8 Å². The average Bonchev–Trinajstić information content (AvgIpc) is 2.62. The van der Waals surface area contributed by atoms with E-state index in [0.717, 1.165) is 39.1 Å². The van der Waals surface area contributed by atoms with Gasteiger partial charge in [-0.25, -0.2) is 4.98 Å². The van der Waals surface area contributed by atoms with Crippen LogP contribution in [0.15, 0.2) is 18.3 Å². The second-order valence-electron chi connectivity index (χ2n) is 6.48. The molecule has 1 unspecified atom stereocenters. The van der Waals surface area contributed by atoms with Crippen molar-refractivity contribution in [2.75, 3.05) is 45.9 Å². The summed E-state index contributed by atoms with van der Waals surface area (Å²) < 4.78 is 5.33. The molecule has 0 radical (unpaired) electrons. The first-order chi connectivity index (χ1) is 11.6. The molecule has 1 aromatic rings. The van der Waals surface area contributed by atoms with Gasteiger partial charge in [-0.2, -0.15) is 0 Å². The van der Waals surface area contributed by atoms with Gasteiger partial charge in [-0.15, -0.1) is 0 Å². The van der Waals surface area contributed by atoms with E-state index in [4.69, 9.17) is 4.74 Å². The summed E-state index contributed by atoms with van der Waals surface area (Å²) >= 11 is 0. The highest BCUT2D eigenvalue weighted by Gasteiger charge is 2.30. The highest BCUT2D eigenvalue weighted by atomic mass is 16.5. The van der Waals surface area contributed by atoms with Crippen LogP contribution < -0.4 is 0 Å². The molecule has 2 aliphatic heterocycles. The minimum atomic E-state index is -0.372. The first-order valence-corrected chi connectivity index (χ1v) is 8.56. The van der Waals surface area contributed by atoms with Gasteiger partial charge in [0.15, 0.2) is 5.69 Å². The van der Waals surface area contributed by atoms with Crippen LogP contribution in [0, 0.1) is 5.92 Å². The smallest absolute Gasteiger partial charge is 0.276 e. The maximum absolute atomic E-state index is 12.4. The third kappa shape index (κ3) is 4.03. The standard InChI is InChI=1S/C17H25N3O4/c21-14-2-1-5-18-16(14)17(23)20-6-3-13(4-7-20)15(22)12-19-8-10-24-11-9-19/h1-2,5,13,15,21-22H,3-4,6-12H2. The number of aliphatic hydroxyl groups excluding tert-OH is 1. The Hall–Kier alpha value is -1.70. The average molecular weight is 335 g/mol. The normalized spacial score (nSPS) is 21.6. The number of likely N-dealkylation sites (tertiary alicyclic amines) is 1. The predicted octanol–water partition coefficient (Wildman–Crippen LogP) is 0.332. The zero-order valence-corrected chi connectivity index (χ0v) is 13.8. The lowest BCUT2D eigenvalue weighted by atomic mass is 9.90. The first-order valence-electron chi connectivity index (χ1n) is 8.56. The summed E-state index contributed by atoms with van der Waals surface area (Å²) in [5, 5.41) is 20.2. The second-order valence-corrected chi connectivity index (χ2v) is 6.48. The SMILES string of the molecule is O=C(c1ncccc1O)N1CCC(C(O)CN2CCOCC2)CC1. The molecule has 132 valence electrons. The molecule has 0 saturated carbocycles. The van der Waals surface area contributed by atoms with E-state index in [2.05, 4.69) is 9.88 Å². The van der Waals surface area contributed by atoms with Crippen LogP contribution in [0.25, 0.3) is 0 Å². The Balaban J connectivity index is 1.50. The molecular formula is C17H25N3O4. The fourth-order valence-electron chi connectivity index (χ4n) is 3.40. The largest absolute Gasteiger partial charge is 0.505 e. The fourth-order valence-corrected chi connectivity index (χ4v) is 3.40. The van der Waals surface area contributed by atoms with Crippen LogP contribution in [0.2, 0.25) is 0 Å². The number of β-amino-alcohol motifs (C(OH)–C–C–N with tert-alkyl or cyclic N) is 1. The molecule has 0 aliphatic carbocycles. The number of pyridine rings is 1. The van der Waals surface area contributed by atoms with Gasteiger partial charge in [0.1, 0.15) is 5.75 Å². The molecule has 2 aliphatic rings. The van der Waals surface area contributed by atoms with E-state index in [1.165, 1.54) is 12.3 Å². The maximum atomic E-state index is 12.4. The molecule has 2 N–H and O–H groups in total. The minimum Gasteiger partial charge on any atom is -0.505 e. The molecule has 0 aromatic carbocycles. The van der Waals surface area contributed by atoms with Crippen molar-refractivity contribution >= 4 is 5.91 Å². The van der Waals surface area contributed by atoms with Gasteiger partial charge in [0.25, 0.3) is 5.91 Å². The Bertz CT molecular complexity index is 555. The summed E-state index contributed by atoms with van der Waals surface area (Å²) in [6, 6.07) is 3.07. The van der Waals surface area contributed by atoms with Crippen LogP contribution in [0.4, 0.5) is 0 Å². The Labute approximate surface area is 141 Å². The molecule has 0 bridgehead atoms. The summed E-state index contributed by atoms with van der Waals surface area (Å²) in [4.78, 5) is 20.4. The molecule has 2 saturated heterocycles. The van der Waals surface area contributed by atoms with Crippen LogP contribution >= 0.6 is 0 Å². The molecule has 24 heavy (non-hydrogen) atoms. The monoisotopic (exact) mass is 335 g/mol. The molecule has 1 atom stereocenters. The lowest BCUT2D eigenvalue weighted by Crippen LogP contribution is -2.46. The number of aliphatic hydroxyl groups is 1. The molecule has 2 fully saturated rings. The first kappa shape index (κ1) is 17.1. The predicted molar refractivity (Wildman–Crippen MR) is 87.8 cm³/mol. The maximum Gasteiger partial charge on any atom is 0.276 e. The van der Waals surface area contributed by atoms with Gasteiger partial charge in [-0.1, -0.05) is 0 Å². The summed E-state index contributed by atoms with van der Waals surface area (Å²) in [6.07, 6.45) is 2.67. The molecule has 1 amide bonds. The van der Waals surface area contributed by atoms with Crippen LogP contribution in [-0.4, -0.2) is 82.9 Å². The number of morpholine rings is 1. The molecular weight excluding hydrogens is 310 g/mol. The van der Waals surface area contributed by atoms with Crippen molar-refractivity contribution < 1.29 is 19.7 Å². The van der Waals surface area contributed by atoms with Crippen LogP contribution in [0.1, 0.15) is 23.3 Å². The fraction of sp³-hybridized carbons (Fsp3) is 0.647. The lowest BCUT2D eigenvalue weighted by Gasteiger charge is -2.36. The van der Waals surface area contributed by atoms with Crippen molar-refractivity contribution in [3.8, 4) is 5.75 Å². The number of carbonyl (C=O) groups is 1. The van der Waals surface area contributed by atoms with E-state index >= 15 is 0 Å². The Kier molecular flexibility index (Phi) is 5.65. The van der Waals surface area contributed by atoms with E-state index in [1.807, 2.05) is 0 Å². The van der Waals surface area contributed by atoms with Crippen LogP contribution in [-0.2, 0) is 4.74 Å². The highest BCUT2D eigenvalue weighted by Crippen LogP contribution is 2.24. The summed E-state index contributed by atoms with van der Waals surface area (Å²) in [5.74, 6) is -0.125. The Morgan fingerprint density at radius 2 is 2.00 bits per heavy atom. The minimum absolute atomic E-state index is 0.0861. The topological polar surface area (TPSA) is 86.1 Å². The van der Waals surface area contributed by atoms with Crippen LogP contribution in [0.5, 0.6) is 5.75 Å². The Morgan fingerprint density at radius 1 is 1.29 bits per heavy atom. The summed E-state index contributed by atoms with van der Waals surface area (Å²) in [7, 11) is 0. The van der Waals surface area contributed by atoms with E-state index in [0.29, 0.717) is 19.6 Å². The number of rotatable bonds is 4. The number of amides is 1. The number of aromatic hydroxyl groups is 1. The van der Waals surface area contributed by atoms with Crippen molar-refractivity contribution in [2.45, 2.75) is 18.9 Å². The van der Waals surface area contributed by atoms with E-state index in [9.17, 15) is 15.0 Å². The third-order valence-corrected chi connectivity index (χ3v) is 4.91. The molecule has 7 nitrogen and oxygen atoms in total.